The van der Waals surface area contributed by atoms with E-state index in [1.807, 2.05) is 0 Å². The first-order valence-electron chi connectivity index (χ1n) is 20.3. The Bertz CT molecular complexity index is 860. The van der Waals surface area contributed by atoms with E-state index in [0.29, 0.717) is 18.8 Å². The molecule has 0 aromatic rings. The average Bonchev–Trinajstić information content (AvgIpc) is 3.50. The van der Waals surface area contributed by atoms with E-state index in [2.05, 4.69) is 31.7 Å². The molecule has 0 saturated carbocycles. The summed E-state index contributed by atoms with van der Waals surface area (Å²) < 4.78 is 14.0. The zero-order chi connectivity index (χ0) is 37.3. The normalized spacial score (nSPS) is 11.6. The van der Waals surface area contributed by atoms with Crippen molar-refractivity contribution in [2.45, 2.75) is 201 Å². The van der Waals surface area contributed by atoms with Crippen molar-refractivity contribution in [2.24, 2.45) is 0 Å². The van der Waals surface area contributed by atoms with E-state index >= 15 is 0 Å². The summed E-state index contributed by atoms with van der Waals surface area (Å²) in [5.74, 6) is -1.71. The minimum absolute atomic E-state index is 0.258. The molecule has 7 nitrogen and oxygen atoms in total. The summed E-state index contributed by atoms with van der Waals surface area (Å²) in [7, 11) is 0. The fourth-order valence-corrected chi connectivity index (χ4v) is 5.42. The zero-order valence-electron chi connectivity index (χ0n) is 32.7. The summed E-state index contributed by atoms with van der Waals surface area (Å²) in [5.41, 5.74) is 0.488. The number of cyclic esters (lactones) is 2. The number of ether oxygens (including phenoxy) is 3. The molecule has 0 atom stereocenters. The minimum atomic E-state index is -0.579. The third kappa shape index (κ3) is 41.5. The lowest BCUT2D eigenvalue weighted by Gasteiger charge is -2.04. The molecule has 0 unspecified atom stereocenters. The largest absolute Gasteiger partial charge is 0.463 e. The van der Waals surface area contributed by atoms with Crippen LogP contribution >= 0.6 is 0 Å². The highest BCUT2D eigenvalue weighted by Crippen LogP contribution is 2.14. The van der Waals surface area contributed by atoms with Gasteiger partial charge in [-0.3, -0.25) is 0 Å². The average molecular weight is 705 g/mol. The van der Waals surface area contributed by atoms with Crippen LogP contribution in [0.25, 0.3) is 0 Å². The molecule has 0 saturated heterocycles. The summed E-state index contributed by atoms with van der Waals surface area (Å²) in [5, 5.41) is 0. The van der Waals surface area contributed by atoms with Gasteiger partial charge in [-0.05, 0) is 19.8 Å². The SMILES string of the molecule is C=C(C)C(=O)OCCCCCCCCCCCC.C=CC(=O)OCCCCCCCCCCCCCCCCCCCC.O=C1C=CC(=O)O1. The molecule has 0 aromatic carbocycles. The number of hydrogen-bond donors (Lipinski definition) is 0. The molecular weight excluding hydrogens is 628 g/mol. The van der Waals surface area contributed by atoms with Crippen molar-refractivity contribution >= 4 is 23.9 Å². The van der Waals surface area contributed by atoms with Gasteiger partial charge in [0.2, 0.25) is 0 Å². The van der Waals surface area contributed by atoms with Crippen molar-refractivity contribution in [2.75, 3.05) is 13.2 Å². The maximum absolute atomic E-state index is 11.1. The Morgan fingerprint density at radius 2 is 0.820 bits per heavy atom. The Kier molecular flexibility index (Phi) is 40.2. The van der Waals surface area contributed by atoms with E-state index in [1.54, 1.807) is 6.92 Å². The maximum Gasteiger partial charge on any atom is 0.338 e. The van der Waals surface area contributed by atoms with E-state index in [0.717, 1.165) is 25.0 Å². The van der Waals surface area contributed by atoms with Gasteiger partial charge < -0.3 is 14.2 Å². The van der Waals surface area contributed by atoms with Gasteiger partial charge in [-0.1, -0.05) is 194 Å². The van der Waals surface area contributed by atoms with Crippen molar-refractivity contribution in [3.63, 3.8) is 0 Å². The van der Waals surface area contributed by atoms with Gasteiger partial charge in [0.05, 0.1) is 13.2 Å². The topological polar surface area (TPSA) is 96.0 Å². The first-order valence-corrected chi connectivity index (χ1v) is 20.3. The third-order valence-corrected chi connectivity index (χ3v) is 8.55. The maximum atomic E-state index is 11.1. The number of rotatable bonds is 32. The number of unbranched alkanes of at least 4 members (excludes halogenated alkanes) is 26. The molecule has 0 bridgehead atoms. The molecule has 0 spiro atoms. The van der Waals surface area contributed by atoms with Crippen molar-refractivity contribution in [1.29, 1.82) is 0 Å². The first kappa shape index (κ1) is 49.4. The van der Waals surface area contributed by atoms with Gasteiger partial charge >= 0.3 is 23.9 Å². The van der Waals surface area contributed by atoms with Gasteiger partial charge in [0, 0.05) is 23.8 Å². The standard InChI is InChI=1S/C23H44O2.C16H30O2.C4H2O3/c1-3-5-6-7-8-9-10-11-12-13-14-15-16-17-18-19-20-21-22-25-23(24)4-2;1-4-5-6-7-8-9-10-11-12-13-14-18-16(17)15(2)3;5-3-1-2-4(6)7-3/h4H,2-3,5-22H2,1H3;2,4-14H2,1,3H3;1-2H. The smallest absolute Gasteiger partial charge is 0.338 e. The molecule has 0 fully saturated rings. The van der Waals surface area contributed by atoms with Crippen LogP contribution in [0.2, 0.25) is 0 Å². The summed E-state index contributed by atoms with van der Waals surface area (Å²) >= 11 is 0. The van der Waals surface area contributed by atoms with Gasteiger partial charge in [0.25, 0.3) is 0 Å². The van der Waals surface area contributed by atoms with Gasteiger partial charge in [-0.15, -0.1) is 0 Å². The van der Waals surface area contributed by atoms with Crippen molar-refractivity contribution < 1.29 is 33.4 Å². The second-order valence-electron chi connectivity index (χ2n) is 13.6. The molecule has 0 amide bonds. The molecule has 1 aliphatic heterocycles. The van der Waals surface area contributed by atoms with Crippen molar-refractivity contribution in [1.82, 2.24) is 0 Å². The molecule has 290 valence electrons. The molecule has 0 aliphatic carbocycles. The third-order valence-electron chi connectivity index (χ3n) is 8.55. The lowest BCUT2D eigenvalue weighted by atomic mass is 10.0. The van der Waals surface area contributed by atoms with E-state index in [-0.39, 0.29) is 11.9 Å². The lowest BCUT2D eigenvalue weighted by molar-refractivity contribution is -0.150. The van der Waals surface area contributed by atoms with Crippen LogP contribution in [0.4, 0.5) is 0 Å². The quantitative estimate of drug-likeness (QED) is 0.0226. The Balaban J connectivity index is 0. The summed E-state index contributed by atoms with van der Waals surface area (Å²) in [6, 6.07) is 0. The van der Waals surface area contributed by atoms with Crippen LogP contribution < -0.4 is 0 Å². The van der Waals surface area contributed by atoms with Crippen LogP contribution in [0, 0.1) is 0 Å². The zero-order valence-corrected chi connectivity index (χ0v) is 32.7. The van der Waals surface area contributed by atoms with E-state index < -0.39 is 11.9 Å². The second-order valence-corrected chi connectivity index (χ2v) is 13.6. The van der Waals surface area contributed by atoms with Crippen LogP contribution in [0.5, 0.6) is 0 Å². The van der Waals surface area contributed by atoms with E-state index in [4.69, 9.17) is 9.47 Å². The lowest BCUT2D eigenvalue weighted by Crippen LogP contribution is -2.05. The van der Waals surface area contributed by atoms with Crippen LogP contribution in [-0.2, 0) is 33.4 Å². The predicted molar refractivity (Wildman–Crippen MR) is 208 cm³/mol. The highest BCUT2D eigenvalue weighted by atomic mass is 16.6. The van der Waals surface area contributed by atoms with Gasteiger partial charge in [-0.2, -0.15) is 0 Å². The first-order chi connectivity index (χ1) is 24.3. The van der Waals surface area contributed by atoms with E-state index in [9.17, 15) is 19.2 Å². The summed E-state index contributed by atoms with van der Waals surface area (Å²) in [6.07, 6.45) is 41.1. The minimum Gasteiger partial charge on any atom is -0.463 e. The molecule has 1 heterocycles. The molecule has 0 N–H and O–H groups in total. The molecule has 0 radical (unpaired) electrons. The Morgan fingerprint density at radius 3 is 1.06 bits per heavy atom. The van der Waals surface area contributed by atoms with Crippen LogP contribution in [-0.4, -0.2) is 37.1 Å². The molecule has 0 aromatic heterocycles. The monoisotopic (exact) mass is 705 g/mol. The Labute approximate surface area is 307 Å². The van der Waals surface area contributed by atoms with Gasteiger partial charge in [0.15, 0.2) is 0 Å². The molecular formula is C43H76O7. The molecule has 7 heteroatoms. The van der Waals surface area contributed by atoms with Gasteiger partial charge in [0.1, 0.15) is 0 Å². The van der Waals surface area contributed by atoms with E-state index in [1.165, 1.54) is 173 Å². The molecule has 50 heavy (non-hydrogen) atoms. The van der Waals surface area contributed by atoms with Crippen LogP contribution in [0.15, 0.2) is 37.0 Å². The second kappa shape index (κ2) is 40.7. The highest BCUT2D eigenvalue weighted by molar-refractivity contribution is 6.04. The number of esters is 4. The van der Waals surface area contributed by atoms with Crippen molar-refractivity contribution in [3.8, 4) is 0 Å². The number of carbonyl (C=O) groups is 4. The highest BCUT2D eigenvalue weighted by Gasteiger charge is 2.10. The molecule has 1 aliphatic rings. The van der Waals surface area contributed by atoms with Crippen molar-refractivity contribution in [3.05, 3.63) is 37.0 Å². The fourth-order valence-electron chi connectivity index (χ4n) is 5.42. The fraction of sp³-hybridized carbons (Fsp3) is 0.767. The Morgan fingerprint density at radius 1 is 0.540 bits per heavy atom. The number of carbonyl (C=O) groups excluding carboxylic acids is 4. The molecule has 1 rings (SSSR count). The van der Waals surface area contributed by atoms with Gasteiger partial charge in [-0.25, -0.2) is 19.2 Å². The predicted octanol–water partition coefficient (Wildman–Crippen LogP) is 12.4. The number of hydrogen-bond acceptors (Lipinski definition) is 7. The van der Waals surface area contributed by atoms with Crippen LogP contribution in [0.1, 0.15) is 201 Å². The summed E-state index contributed by atoms with van der Waals surface area (Å²) in [4.78, 5) is 41.8. The Hall–Kier alpha value is -2.70. The summed E-state index contributed by atoms with van der Waals surface area (Å²) in [6.45, 7) is 14.2. The van der Waals surface area contributed by atoms with Crippen LogP contribution in [0.3, 0.4) is 0 Å².